The highest BCUT2D eigenvalue weighted by Crippen LogP contribution is 2.25. The van der Waals surface area contributed by atoms with Gasteiger partial charge < -0.3 is 10.2 Å². The van der Waals surface area contributed by atoms with Gasteiger partial charge in [-0.1, -0.05) is 47.0 Å². The van der Waals surface area contributed by atoms with Gasteiger partial charge >= 0.3 is 0 Å². The molecule has 30 heavy (non-hydrogen) atoms. The minimum absolute atomic E-state index is 0.136. The fourth-order valence-electron chi connectivity index (χ4n) is 2.75. The molecule has 2 rings (SSSR count). The van der Waals surface area contributed by atoms with Crippen LogP contribution in [0.25, 0.3) is 0 Å². The van der Waals surface area contributed by atoms with E-state index in [-0.39, 0.29) is 24.1 Å². The summed E-state index contributed by atoms with van der Waals surface area (Å²) in [6, 6.07) is 12.5. The van der Waals surface area contributed by atoms with Gasteiger partial charge in [-0.2, -0.15) is 0 Å². The minimum Gasteiger partial charge on any atom is -0.350 e. The molecule has 0 aromatic heterocycles. The van der Waals surface area contributed by atoms with Crippen LogP contribution in [0.15, 0.2) is 47.4 Å². The molecule has 0 saturated heterocycles. The number of rotatable bonds is 7. The number of carbonyl (C=O) groups excluding carboxylic acids is 2. The first-order chi connectivity index (χ1) is 14.0. The Labute approximate surface area is 193 Å². The smallest absolute Gasteiger partial charge is 0.242 e. The van der Waals surface area contributed by atoms with Crippen LogP contribution < -0.4 is 5.32 Å². The molecule has 0 bridgehead atoms. The number of hydrogen-bond donors (Lipinski definition) is 1. The van der Waals surface area contributed by atoms with Crippen molar-refractivity contribution in [1.29, 1.82) is 0 Å². The van der Waals surface area contributed by atoms with Gasteiger partial charge in [-0.15, -0.1) is 11.8 Å². The summed E-state index contributed by atoms with van der Waals surface area (Å²) < 4.78 is 0. The van der Waals surface area contributed by atoms with Crippen molar-refractivity contribution >= 4 is 46.8 Å². The summed E-state index contributed by atoms with van der Waals surface area (Å²) in [5, 5.41) is 3.94. The zero-order valence-electron chi connectivity index (χ0n) is 18.0. The van der Waals surface area contributed by atoms with Crippen molar-refractivity contribution < 1.29 is 9.59 Å². The lowest BCUT2D eigenvalue weighted by atomic mass is 10.1. The molecule has 0 radical (unpaired) electrons. The number of nitrogens with zero attached hydrogens (tertiary/aromatic N) is 1. The first kappa shape index (κ1) is 24.6. The van der Waals surface area contributed by atoms with Crippen LogP contribution in [0.5, 0.6) is 0 Å². The molecule has 2 aromatic rings. The van der Waals surface area contributed by atoms with Crippen LogP contribution in [0.2, 0.25) is 10.0 Å². The van der Waals surface area contributed by atoms with Gasteiger partial charge in [0.2, 0.25) is 11.8 Å². The van der Waals surface area contributed by atoms with Crippen molar-refractivity contribution in [2.24, 2.45) is 0 Å². The third-order valence-corrected chi connectivity index (χ3v) is 5.99. The van der Waals surface area contributed by atoms with Crippen LogP contribution in [0.1, 0.15) is 38.8 Å². The van der Waals surface area contributed by atoms with Crippen molar-refractivity contribution in [3.05, 3.63) is 63.6 Å². The molecule has 7 heteroatoms. The van der Waals surface area contributed by atoms with Crippen molar-refractivity contribution in [2.75, 3.05) is 5.75 Å². The SMILES string of the molecule is Cc1ccc(SCC(=O)N(Cc2ccc(Cl)cc2Cl)[C@H](C)C(=O)NC(C)(C)C)cc1. The zero-order valence-corrected chi connectivity index (χ0v) is 20.3. The van der Waals surface area contributed by atoms with Crippen LogP contribution in [-0.2, 0) is 16.1 Å². The molecule has 0 aliphatic heterocycles. The predicted octanol–water partition coefficient (Wildman–Crippen LogP) is 5.73. The average molecular weight is 467 g/mol. The Morgan fingerprint density at radius 2 is 1.73 bits per heavy atom. The van der Waals surface area contributed by atoms with E-state index < -0.39 is 11.6 Å². The lowest BCUT2D eigenvalue weighted by Crippen LogP contribution is -2.52. The fourth-order valence-corrected chi connectivity index (χ4v) is 4.01. The number of halogens is 2. The van der Waals surface area contributed by atoms with E-state index in [9.17, 15) is 9.59 Å². The van der Waals surface area contributed by atoms with E-state index in [1.807, 2.05) is 52.0 Å². The minimum atomic E-state index is -0.651. The van der Waals surface area contributed by atoms with Crippen molar-refractivity contribution in [3.8, 4) is 0 Å². The molecule has 2 amide bonds. The van der Waals surface area contributed by atoms with Gasteiger partial charge in [0.05, 0.1) is 5.75 Å². The second-order valence-corrected chi connectivity index (χ2v) is 10.2. The highest BCUT2D eigenvalue weighted by Gasteiger charge is 2.28. The Bertz CT molecular complexity index is 895. The molecule has 0 heterocycles. The molecule has 2 aromatic carbocycles. The molecule has 162 valence electrons. The van der Waals surface area contributed by atoms with Gasteiger partial charge in [-0.25, -0.2) is 0 Å². The maximum Gasteiger partial charge on any atom is 0.242 e. The van der Waals surface area contributed by atoms with Crippen LogP contribution in [0, 0.1) is 6.92 Å². The van der Waals surface area contributed by atoms with Crippen molar-refractivity contribution in [2.45, 2.75) is 57.6 Å². The average Bonchev–Trinajstić information content (AvgIpc) is 2.65. The Morgan fingerprint density at radius 1 is 1.10 bits per heavy atom. The van der Waals surface area contributed by atoms with Crippen LogP contribution >= 0.6 is 35.0 Å². The molecule has 0 aliphatic carbocycles. The lowest BCUT2D eigenvalue weighted by Gasteiger charge is -2.31. The van der Waals surface area contributed by atoms with E-state index in [1.54, 1.807) is 30.0 Å². The largest absolute Gasteiger partial charge is 0.350 e. The topological polar surface area (TPSA) is 49.4 Å². The molecule has 0 fully saturated rings. The molecule has 4 nitrogen and oxygen atoms in total. The van der Waals surface area contributed by atoms with Gasteiger partial charge in [0.1, 0.15) is 6.04 Å². The molecular weight excluding hydrogens is 439 g/mol. The number of amides is 2. The van der Waals surface area contributed by atoms with Crippen molar-refractivity contribution in [3.63, 3.8) is 0 Å². The number of nitrogens with one attached hydrogen (secondary N) is 1. The Balaban J connectivity index is 2.21. The van der Waals surface area contributed by atoms with E-state index in [4.69, 9.17) is 23.2 Å². The number of hydrogen-bond acceptors (Lipinski definition) is 3. The third-order valence-electron chi connectivity index (χ3n) is 4.40. The molecule has 1 N–H and O–H groups in total. The summed E-state index contributed by atoms with van der Waals surface area (Å²) >= 11 is 13.8. The zero-order chi connectivity index (χ0) is 22.5. The van der Waals surface area contributed by atoms with E-state index >= 15 is 0 Å². The first-order valence-electron chi connectivity index (χ1n) is 9.71. The standard InChI is InChI=1S/C23H28Cl2N2O2S/c1-15-6-10-19(11-7-15)30-14-21(28)27(16(2)22(29)26-23(3,4)5)13-17-8-9-18(24)12-20(17)25/h6-12,16H,13-14H2,1-5H3,(H,26,29)/t16-/m1/s1. The van der Waals surface area contributed by atoms with Crippen LogP contribution in [0.3, 0.4) is 0 Å². The second kappa shape index (κ2) is 10.6. The maximum atomic E-state index is 13.1. The predicted molar refractivity (Wildman–Crippen MR) is 126 cm³/mol. The summed E-state index contributed by atoms with van der Waals surface area (Å²) in [5.74, 6) is -0.120. The molecule has 0 saturated carbocycles. The van der Waals surface area contributed by atoms with Gasteiger partial charge in [-0.05, 0) is 64.4 Å². The highest BCUT2D eigenvalue weighted by atomic mass is 35.5. The molecule has 1 atom stereocenters. The molecule has 0 spiro atoms. The first-order valence-corrected chi connectivity index (χ1v) is 11.5. The highest BCUT2D eigenvalue weighted by molar-refractivity contribution is 8.00. The summed E-state index contributed by atoms with van der Waals surface area (Å²) in [6.45, 7) is 9.71. The third kappa shape index (κ3) is 7.53. The van der Waals surface area contributed by atoms with E-state index in [1.165, 1.54) is 11.8 Å². The van der Waals surface area contributed by atoms with E-state index in [0.29, 0.717) is 10.0 Å². The number of aryl methyl sites for hydroxylation is 1. The Hall–Kier alpha value is -1.69. The molecule has 0 aliphatic rings. The quantitative estimate of drug-likeness (QED) is 0.530. The summed E-state index contributed by atoms with van der Waals surface area (Å²) in [5.41, 5.74) is 1.51. The van der Waals surface area contributed by atoms with Gasteiger partial charge in [0.15, 0.2) is 0 Å². The summed E-state index contributed by atoms with van der Waals surface area (Å²) in [4.78, 5) is 28.5. The lowest BCUT2D eigenvalue weighted by molar-refractivity contribution is -0.139. The maximum absolute atomic E-state index is 13.1. The number of benzene rings is 2. The Morgan fingerprint density at radius 3 is 2.30 bits per heavy atom. The normalized spacial score (nSPS) is 12.4. The monoisotopic (exact) mass is 466 g/mol. The van der Waals surface area contributed by atoms with Gasteiger partial charge in [0, 0.05) is 27.0 Å². The molecular formula is C23H28Cl2N2O2S. The summed E-state index contributed by atoms with van der Waals surface area (Å²) in [7, 11) is 0. The Kier molecular flexibility index (Phi) is 8.65. The van der Waals surface area contributed by atoms with E-state index in [0.717, 1.165) is 16.0 Å². The van der Waals surface area contributed by atoms with Crippen LogP contribution in [-0.4, -0.2) is 34.0 Å². The number of thioether (sulfide) groups is 1. The fraction of sp³-hybridized carbons (Fsp3) is 0.391. The van der Waals surface area contributed by atoms with Gasteiger partial charge in [0.25, 0.3) is 0 Å². The van der Waals surface area contributed by atoms with Crippen LogP contribution in [0.4, 0.5) is 0 Å². The van der Waals surface area contributed by atoms with E-state index in [2.05, 4.69) is 5.32 Å². The van der Waals surface area contributed by atoms with Crippen molar-refractivity contribution in [1.82, 2.24) is 10.2 Å². The summed E-state index contributed by atoms with van der Waals surface area (Å²) in [6.07, 6.45) is 0. The van der Waals surface area contributed by atoms with Gasteiger partial charge in [-0.3, -0.25) is 9.59 Å². The second-order valence-electron chi connectivity index (χ2n) is 8.27. The molecule has 0 unspecified atom stereocenters. The number of carbonyl (C=O) groups is 2.